The van der Waals surface area contributed by atoms with Gasteiger partial charge in [0.2, 0.25) is 0 Å². The topological polar surface area (TPSA) is 76.0 Å². The maximum atomic E-state index is 10.6. The number of carbonyl (C=O) groups is 1. The Morgan fingerprint density at radius 1 is 0.759 bits per heavy atom. The van der Waals surface area contributed by atoms with Crippen LogP contribution in [0.5, 0.6) is 11.5 Å². The number of hydrogen-bond donors (Lipinski definition) is 2. The van der Waals surface area contributed by atoms with Gasteiger partial charge in [-0.05, 0) is 47.4 Å². The van der Waals surface area contributed by atoms with Crippen LogP contribution in [0.4, 0.5) is 0 Å². The summed E-state index contributed by atoms with van der Waals surface area (Å²) in [7, 11) is 1.00. The lowest BCUT2D eigenvalue weighted by atomic mass is 10.1. The van der Waals surface area contributed by atoms with E-state index in [0.29, 0.717) is 19.6 Å². The Morgan fingerprint density at radius 2 is 1.38 bits per heavy atom. The minimum Gasteiger partial charge on any atom is -0.490 e. The van der Waals surface area contributed by atoms with Gasteiger partial charge in [0.15, 0.2) is 0 Å². The molecule has 0 saturated carbocycles. The standard InChI is InChI=1S/C23H22O4.CH4O/c24-23(25)14-11-18-9-12-21(13-10-18)26-15-16-27-22-8-4-7-20(17-22)19-5-2-1-3-6-19;1-2/h1-10,12-13,17H,11,14-16H2,(H,24,25);2H,1H3. The molecule has 2 N–H and O–H groups in total. The zero-order valence-corrected chi connectivity index (χ0v) is 16.5. The van der Waals surface area contributed by atoms with Crippen LogP contribution in [-0.2, 0) is 11.2 Å². The number of aliphatic hydroxyl groups excluding tert-OH is 1. The molecule has 0 aromatic heterocycles. The van der Waals surface area contributed by atoms with Crippen molar-refractivity contribution in [2.75, 3.05) is 20.3 Å². The Labute approximate surface area is 171 Å². The van der Waals surface area contributed by atoms with Gasteiger partial charge in [0, 0.05) is 13.5 Å². The van der Waals surface area contributed by atoms with Gasteiger partial charge >= 0.3 is 5.97 Å². The molecule has 0 aliphatic carbocycles. The maximum Gasteiger partial charge on any atom is 0.303 e. The second-order valence-corrected chi connectivity index (χ2v) is 6.13. The molecule has 152 valence electrons. The molecule has 0 amide bonds. The van der Waals surface area contributed by atoms with E-state index >= 15 is 0 Å². The van der Waals surface area contributed by atoms with Crippen LogP contribution in [0.1, 0.15) is 12.0 Å². The average molecular weight is 394 g/mol. The number of aryl methyl sites for hydroxylation is 1. The van der Waals surface area contributed by atoms with E-state index in [1.54, 1.807) is 0 Å². The Hall–Kier alpha value is -3.31. The van der Waals surface area contributed by atoms with Gasteiger partial charge < -0.3 is 19.7 Å². The second kappa shape index (κ2) is 12.2. The smallest absolute Gasteiger partial charge is 0.303 e. The fraction of sp³-hybridized carbons (Fsp3) is 0.208. The van der Waals surface area contributed by atoms with E-state index in [-0.39, 0.29) is 6.42 Å². The lowest BCUT2D eigenvalue weighted by Crippen LogP contribution is -2.09. The molecule has 0 saturated heterocycles. The van der Waals surface area contributed by atoms with Crippen LogP contribution in [0.2, 0.25) is 0 Å². The molecule has 3 rings (SSSR count). The Bertz CT molecular complexity index is 860. The third-order valence-electron chi connectivity index (χ3n) is 4.11. The number of ether oxygens (including phenoxy) is 2. The van der Waals surface area contributed by atoms with Gasteiger partial charge in [-0.1, -0.05) is 54.6 Å². The zero-order chi connectivity index (χ0) is 20.9. The summed E-state index contributed by atoms with van der Waals surface area (Å²) in [5.41, 5.74) is 3.26. The highest BCUT2D eigenvalue weighted by Gasteiger charge is 2.02. The van der Waals surface area contributed by atoms with Crippen LogP contribution >= 0.6 is 0 Å². The van der Waals surface area contributed by atoms with Gasteiger partial charge in [-0.25, -0.2) is 0 Å². The van der Waals surface area contributed by atoms with Crippen molar-refractivity contribution in [2.24, 2.45) is 0 Å². The van der Waals surface area contributed by atoms with Gasteiger partial charge in [0.1, 0.15) is 24.7 Å². The van der Waals surface area contributed by atoms with Gasteiger partial charge in [-0.2, -0.15) is 0 Å². The number of hydrogen-bond acceptors (Lipinski definition) is 4. The maximum absolute atomic E-state index is 10.6. The monoisotopic (exact) mass is 394 g/mol. The van der Waals surface area contributed by atoms with Crippen LogP contribution in [0, 0.1) is 0 Å². The van der Waals surface area contributed by atoms with E-state index in [9.17, 15) is 4.79 Å². The summed E-state index contributed by atoms with van der Waals surface area (Å²) in [6.45, 7) is 0.878. The van der Waals surface area contributed by atoms with Crippen LogP contribution in [0.3, 0.4) is 0 Å². The highest BCUT2D eigenvalue weighted by atomic mass is 16.5. The van der Waals surface area contributed by atoms with E-state index in [2.05, 4.69) is 18.2 Å². The van der Waals surface area contributed by atoms with Crippen LogP contribution in [-0.4, -0.2) is 36.5 Å². The molecule has 5 nitrogen and oxygen atoms in total. The quantitative estimate of drug-likeness (QED) is 0.525. The lowest BCUT2D eigenvalue weighted by molar-refractivity contribution is -0.136. The molecule has 0 unspecified atom stereocenters. The third-order valence-corrected chi connectivity index (χ3v) is 4.11. The predicted molar refractivity (Wildman–Crippen MR) is 113 cm³/mol. The van der Waals surface area contributed by atoms with Crippen molar-refractivity contribution >= 4 is 5.97 Å². The van der Waals surface area contributed by atoms with Crippen molar-refractivity contribution in [3.8, 4) is 22.6 Å². The molecule has 3 aromatic carbocycles. The minimum absolute atomic E-state index is 0.135. The average Bonchev–Trinajstić information content (AvgIpc) is 2.78. The van der Waals surface area contributed by atoms with E-state index in [1.807, 2.05) is 60.7 Å². The molecule has 0 bridgehead atoms. The zero-order valence-electron chi connectivity index (χ0n) is 16.5. The molecule has 5 heteroatoms. The first-order valence-corrected chi connectivity index (χ1v) is 9.37. The number of aliphatic carboxylic acids is 1. The number of carboxylic acid groups (broad SMARTS) is 1. The van der Waals surface area contributed by atoms with E-state index < -0.39 is 5.97 Å². The summed E-state index contributed by atoms with van der Waals surface area (Å²) in [4.78, 5) is 10.6. The van der Waals surface area contributed by atoms with Gasteiger partial charge in [0.25, 0.3) is 0 Å². The summed E-state index contributed by atoms with van der Waals surface area (Å²) >= 11 is 0. The first-order valence-electron chi connectivity index (χ1n) is 9.37. The van der Waals surface area contributed by atoms with E-state index in [1.165, 1.54) is 0 Å². The normalized spacial score (nSPS) is 9.86. The first-order chi connectivity index (χ1) is 14.2. The van der Waals surface area contributed by atoms with Crippen LogP contribution < -0.4 is 9.47 Å². The lowest BCUT2D eigenvalue weighted by Gasteiger charge is -2.10. The molecule has 0 heterocycles. The number of carboxylic acids is 1. The molecule has 29 heavy (non-hydrogen) atoms. The molecule has 0 atom stereocenters. The summed E-state index contributed by atoms with van der Waals surface area (Å²) in [5.74, 6) is 0.767. The number of aliphatic hydroxyl groups is 1. The fourth-order valence-electron chi connectivity index (χ4n) is 2.72. The van der Waals surface area contributed by atoms with E-state index in [4.69, 9.17) is 19.7 Å². The number of benzene rings is 3. The summed E-state index contributed by atoms with van der Waals surface area (Å²) < 4.78 is 11.5. The van der Waals surface area contributed by atoms with Gasteiger partial charge in [-0.15, -0.1) is 0 Å². The van der Waals surface area contributed by atoms with Crippen molar-refractivity contribution in [2.45, 2.75) is 12.8 Å². The highest BCUT2D eigenvalue weighted by molar-refractivity contribution is 5.67. The molecule has 0 fully saturated rings. The molecule has 0 spiro atoms. The van der Waals surface area contributed by atoms with Crippen LogP contribution in [0.25, 0.3) is 11.1 Å². The molecule has 3 aromatic rings. The Morgan fingerprint density at radius 3 is 2.03 bits per heavy atom. The summed E-state index contributed by atoms with van der Waals surface area (Å²) in [5, 5.41) is 15.7. The van der Waals surface area contributed by atoms with Gasteiger partial charge in [0.05, 0.1) is 0 Å². The summed E-state index contributed by atoms with van der Waals surface area (Å²) in [6.07, 6.45) is 0.659. The first kappa shape index (κ1) is 22.0. The largest absolute Gasteiger partial charge is 0.490 e. The predicted octanol–water partition coefficient (Wildman–Crippen LogP) is 4.44. The second-order valence-electron chi connectivity index (χ2n) is 6.13. The van der Waals surface area contributed by atoms with Crippen molar-refractivity contribution < 1.29 is 24.5 Å². The molecule has 0 aliphatic heterocycles. The number of rotatable bonds is 9. The minimum atomic E-state index is -0.788. The van der Waals surface area contributed by atoms with Crippen molar-refractivity contribution in [3.05, 3.63) is 84.4 Å². The molecule has 0 radical (unpaired) electrons. The van der Waals surface area contributed by atoms with Crippen molar-refractivity contribution in [1.29, 1.82) is 0 Å². The van der Waals surface area contributed by atoms with Crippen LogP contribution in [0.15, 0.2) is 78.9 Å². The van der Waals surface area contributed by atoms with E-state index in [0.717, 1.165) is 35.3 Å². The molecular formula is C24H26O5. The highest BCUT2D eigenvalue weighted by Crippen LogP contribution is 2.23. The molecule has 0 aliphatic rings. The third kappa shape index (κ3) is 7.68. The summed E-state index contributed by atoms with van der Waals surface area (Å²) in [6, 6.07) is 25.7. The van der Waals surface area contributed by atoms with Crippen molar-refractivity contribution in [3.63, 3.8) is 0 Å². The molecular weight excluding hydrogens is 368 g/mol. The fourth-order valence-corrected chi connectivity index (χ4v) is 2.72. The van der Waals surface area contributed by atoms with Gasteiger partial charge in [-0.3, -0.25) is 4.79 Å². The Balaban J connectivity index is 0.00000145. The SMILES string of the molecule is CO.O=C(O)CCc1ccc(OCCOc2cccc(-c3ccccc3)c2)cc1. The Kier molecular flexibility index (Phi) is 9.25. The van der Waals surface area contributed by atoms with Crippen molar-refractivity contribution in [1.82, 2.24) is 0 Å².